The van der Waals surface area contributed by atoms with Crippen molar-refractivity contribution < 1.29 is 9.47 Å². The second-order valence-corrected chi connectivity index (χ2v) is 6.22. The molecular weight excluding hydrogens is 286 g/mol. The number of hydrogen-bond acceptors (Lipinski definition) is 3. The molecule has 1 saturated heterocycles. The summed E-state index contributed by atoms with van der Waals surface area (Å²) in [5.74, 6) is 1.78. The average Bonchev–Trinajstić information content (AvgIpc) is 2.61. The highest BCUT2D eigenvalue weighted by atomic mass is 16.5. The van der Waals surface area contributed by atoms with Crippen molar-refractivity contribution in [2.75, 3.05) is 13.1 Å². The minimum atomic E-state index is -0.143. The fourth-order valence-electron chi connectivity index (χ4n) is 3.18. The number of piperidine rings is 1. The molecule has 2 aliphatic rings. The van der Waals surface area contributed by atoms with Gasteiger partial charge in [0.15, 0.2) is 0 Å². The first-order chi connectivity index (χ1) is 11.3. The Hall–Kier alpha value is -2.26. The van der Waals surface area contributed by atoms with Crippen LogP contribution in [-0.2, 0) is 6.61 Å². The van der Waals surface area contributed by atoms with Crippen LogP contribution in [0.4, 0.5) is 0 Å². The number of ether oxygens (including phenoxy) is 2. The van der Waals surface area contributed by atoms with Gasteiger partial charge in [0.2, 0.25) is 0 Å². The molecule has 0 aliphatic carbocycles. The van der Waals surface area contributed by atoms with E-state index in [9.17, 15) is 0 Å². The summed E-state index contributed by atoms with van der Waals surface area (Å²) in [6, 6.07) is 16.3. The van der Waals surface area contributed by atoms with E-state index < -0.39 is 0 Å². The summed E-state index contributed by atoms with van der Waals surface area (Å²) in [5.41, 5.74) is 2.15. The van der Waals surface area contributed by atoms with Crippen molar-refractivity contribution in [2.24, 2.45) is 0 Å². The van der Waals surface area contributed by atoms with Gasteiger partial charge >= 0.3 is 0 Å². The van der Waals surface area contributed by atoms with Crippen LogP contribution in [0, 0.1) is 0 Å². The lowest BCUT2D eigenvalue weighted by atomic mass is 9.89. The maximum Gasteiger partial charge on any atom is 0.131 e. The van der Waals surface area contributed by atoms with E-state index in [1.165, 1.54) is 5.56 Å². The molecule has 3 nitrogen and oxygen atoms in total. The van der Waals surface area contributed by atoms with Gasteiger partial charge in [-0.3, -0.25) is 0 Å². The van der Waals surface area contributed by atoms with E-state index in [1.54, 1.807) is 0 Å². The molecule has 0 aromatic heterocycles. The van der Waals surface area contributed by atoms with Gasteiger partial charge in [0.25, 0.3) is 0 Å². The van der Waals surface area contributed by atoms with Crippen LogP contribution < -0.4 is 14.8 Å². The van der Waals surface area contributed by atoms with Crippen LogP contribution >= 0.6 is 0 Å². The minimum Gasteiger partial charge on any atom is -0.489 e. The van der Waals surface area contributed by atoms with Crippen LogP contribution in [0.3, 0.4) is 0 Å². The summed E-state index contributed by atoms with van der Waals surface area (Å²) in [6.45, 7) is 2.58. The minimum absolute atomic E-state index is 0.143. The summed E-state index contributed by atoms with van der Waals surface area (Å²) in [4.78, 5) is 0. The van der Waals surface area contributed by atoms with Crippen molar-refractivity contribution in [3.63, 3.8) is 0 Å². The molecule has 2 aliphatic heterocycles. The molecule has 2 heterocycles. The highest BCUT2D eigenvalue weighted by molar-refractivity contribution is 5.62. The number of benzene rings is 2. The molecule has 1 fully saturated rings. The predicted octanol–water partition coefficient (Wildman–Crippen LogP) is 3.79. The molecular formula is C20H21NO2. The zero-order chi connectivity index (χ0) is 15.5. The highest BCUT2D eigenvalue weighted by Crippen LogP contribution is 2.37. The standard InChI is InChI=1S/C20H21NO2/c1-2-4-16(5-3-1)15-22-18-7-6-17-8-9-20(23-19(17)14-18)10-12-21-13-11-20/h1-9,14,21H,10-13,15H2. The topological polar surface area (TPSA) is 30.5 Å². The lowest BCUT2D eigenvalue weighted by Crippen LogP contribution is -2.45. The van der Waals surface area contributed by atoms with Crippen molar-refractivity contribution >= 4 is 6.08 Å². The Kier molecular flexibility index (Phi) is 3.80. The van der Waals surface area contributed by atoms with Crippen LogP contribution in [0.25, 0.3) is 6.08 Å². The van der Waals surface area contributed by atoms with Crippen molar-refractivity contribution in [2.45, 2.75) is 25.0 Å². The molecule has 0 bridgehead atoms. The maximum absolute atomic E-state index is 6.35. The summed E-state index contributed by atoms with van der Waals surface area (Å²) in [7, 11) is 0. The molecule has 0 atom stereocenters. The Morgan fingerprint density at radius 3 is 2.70 bits per heavy atom. The van der Waals surface area contributed by atoms with E-state index in [0.29, 0.717) is 6.61 Å². The summed E-state index contributed by atoms with van der Waals surface area (Å²) < 4.78 is 12.3. The van der Waals surface area contributed by atoms with Gasteiger partial charge in [-0.2, -0.15) is 0 Å². The van der Waals surface area contributed by atoms with Crippen LogP contribution in [0.1, 0.15) is 24.0 Å². The van der Waals surface area contributed by atoms with Gasteiger partial charge in [-0.25, -0.2) is 0 Å². The van der Waals surface area contributed by atoms with Gasteiger partial charge in [-0.1, -0.05) is 36.4 Å². The maximum atomic E-state index is 6.35. The van der Waals surface area contributed by atoms with E-state index in [2.05, 4.69) is 35.7 Å². The van der Waals surface area contributed by atoms with E-state index in [0.717, 1.165) is 43.0 Å². The van der Waals surface area contributed by atoms with Crippen molar-refractivity contribution in [1.29, 1.82) is 0 Å². The zero-order valence-electron chi connectivity index (χ0n) is 13.1. The van der Waals surface area contributed by atoms with Crippen molar-refractivity contribution in [3.05, 3.63) is 65.7 Å². The fraction of sp³-hybridized carbons (Fsp3) is 0.300. The Balaban J connectivity index is 1.50. The van der Waals surface area contributed by atoms with E-state index in [4.69, 9.17) is 9.47 Å². The molecule has 2 aromatic rings. The zero-order valence-corrected chi connectivity index (χ0v) is 13.1. The van der Waals surface area contributed by atoms with Crippen LogP contribution in [0.5, 0.6) is 11.5 Å². The fourth-order valence-corrected chi connectivity index (χ4v) is 3.18. The first kappa shape index (κ1) is 14.3. The van der Waals surface area contributed by atoms with Crippen molar-refractivity contribution in [3.8, 4) is 11.5 Å². The molecule has 1 N–H and O–H groups in total. The predicted molar refractivity (Wildman–Crippen MR) is 91.7 cm³/mol. The quantitative estimate of drug-likeness (QED) is 0.936. The van der Waals surface area contributed by atoms with Crippen LogP contribution in [0.15, 0.2) is 54.6 Å². The number of nitrogens with one attached hydrogen (secondary N) is 1. The molecule has 23 heavy (non-hydrogen) atoms. The Morgan fingerprint density at radius 2 is 1.87 bits per heavy atom. The monoisotopic (exact) mass is 307 g/mol. The Labute approximate surface area is 136 Å². The number of rotatable bonds is 3. The first-order valence-corrected chi connectivity index (χ1v) is 8.23. The molecule has 0 saturated carbocycles. The highest BCUT2D eigenvalue weighted by Gasteiger charge is 2.34. The molecule has 1 spiro atoms. The van der Waals surface area contributed by atoms with Gasteiger partial charge in [0, 0.05) is 24.5 Å². The average molecular weight is 307 g/mol. The second-order valence-electron chi connectivity index (χ2n) is 6.22. The Morgan fingerprint density at radius 1 is 1.04 bits per heavy atom. The van der Waals surface area contributed by atoms with Crippen molar-refractivity contribution in [1.82, 2.24) is 5.32 Å². The van der Waals surface area contributed by atoms with E-state index in [1.807, 2.05) is 30.3 Å². The second kappa shape index (κ2) is 6.09. The van der Waals surface area contributed by atoms with E-state index >= 15 is 0 Å². The SMILES string of the molecule is C1=CC2(CCNCC2)Oc2cc(OCc3ccccc3)ccc21. The van der Waals surface area contributed by atoms with Gasteiger partial charge < -0.3 is 14.8 Å². The summed E-state index contributed by atoms with van der Waals surface area (Å²) >= 11 is 0. The first-order valence-electron chi connectivity index (χ1n) is 8.23. The molecule has 4 rings (SSSR count). The smallest absolute Gasteiger partial charge is 0.131 e. The molecule has 3 heteroatoms. The molecule has 2 aromatic carbocycles. The molecule has 118 valence electrons. The van der Waals surface area contributed by atoms with Gasteiger partial charge in [0.05, 0.1) is 0 Å². The van der Waals surface area contributed by atoms with E-state index in [-0.39, 0.29) is 5.60 Å². The Bertz CT molecular complexity index is 703. The largest absolute Gasteiger partial charge is 0.489 e. The molecule has 0 unspecified atom stereocenters. The summed E-state index contributed by atoms with van der Waals surface area (Å²) in [5, 5.41) is 3.39. The third-order valence-electron chi connectivity index (χ3n) is 4.56. The van der Waals surface area contributed by atoms with Gasteiger partial charge in [-0.05, 0) is 36.9 Å². The van der Waals surface area contributed by atoms with Gasteiger partial charge in [-0.15, -0.1) is 0 Å². The number of hydrogen-bond donors (Lipinski definition) is 1. The molecule has 0 amide bonds. The normalized spacial score (nSPS) is 18.3. The third kappa shape index (κ3) is 3.10. The lowest BCUT2D eigenvalue weighted by Gasteiger charge is -2.38. The van der Waals surface area contributed by atoms with Crippen LogP contribution in [-0.4, -0.2) is 18.7 Å². The van der Waals surface area contributed by atoms with Gasteiger partial charge in [0.1, 0.15) is 23.7 Å². The van der Waals surface area contributed by atoms with Crippen LogP contribution in [0.2, 0.25) is 0 Å². The molecule has 0 radical (unpaired) electrons. The lowest BCUT2D eigenvalue weighted by molar-refractivity contribution is 0.0819. The number of fused-ring (bicyclic) bond motifs is 1. The third-order valence-corrected chi connectivity index (χ3v) is 4.56. The summed E-state index contributed by atoms with van der Waals surface area (Å²) in [6.07, 6.45) is 6.43.